The van der Waals surface area contributed by atoms with E-state index in [4.69, 9.17) is 28.9 Å². The number of rotatable bonds is 3. The Labute approximate surface area is 124 Å². The monoisotopic (exact) mass is 293 g/mol. The molecule has 2 aromatic carbocycles. The summed E-state index contributed by atoms with van der Waals surface area (Å²) in [4.78, 5) is 0. The summed E-state index contributed by atoms with van der Waals surface area (Å²) in [5, 5.41) is 1.26. The van der Waals surface area contributed by atoms with Crippen molar-refractivity contribution in [2.24, 2.45) is 5.73 Å². The Balaban J connectivity index is 2.20. The van der Waals surface area contributed by atoms with Gasteiger partial charge in [0.25, 0.3) is 0 Å². The van der Waals surface area contributed by atoms with Crippen LogP contribution in [0.25, 0.3) is 0 Å². The Morgan fingerprint density at radius 3 is 2.37 bits per heavy atom. The predicted molar refractivity (Wildman–Crippen MR) is 83.0 cm³/mol. The molecule has 0 spiro atoms. The topological polar surface area (TPSA) is 26.0 Å². The van der Waals surface area contributed by atoms with Crippen molar-refractivity contribution in [3.8, 4) is 0 Å². The van der Waals surface area contributed by atoms with E-state index in [2.05, 4.69) is 32.0 Å². The van der Waals surface area contributed by atoms with Gasteiger partial charge in [-0.3, -0.25) is 0 Å². The molecule has 0 aliphatic heterocycles. The van der Waals surface area contributed by atoms with Crippen LogP contribution in [0.1, 0.15) is 28.3 Å². The van der Waals surface area contributed by atoms with Gasteiger partial charge in [0.1, 0.15) is 0 Å². The van der Waals surface area contributed by atoms with Crippen LogP contribution < -0.4 is 5.73 Å². The molecule has 0 saturated carbocycles. The van der Waals surface area contributed by atoms with Gasteiger partial charge < -0.3 is 5.73 Å². The summed E-state index contributed by atoms with van der Waals surface area (Å²) in [7, 11) is 0. The molecule has 1 nitrogen and oxygen atoms in total. The summed E-state index contributed by atoms with van der Waals surface area (Å²) >= 11 is 12.1. The second kappa shape index (κ2) is 5.96. The lowest BCUT2D eigenvalue weighted by molar-refractivity contribution is 0.721. The zero-order chi connectivity index (χ0) is 14.0. The molecule has 2 rings (SSSR count). The second-order valence-electron chi connectivity index (χ2n) is 4.90. The van der Waals surface area contributed by atoms with Crippen molar-refractivity contribution in [1.29, 1.82) is 0 Å². The number of nitrogens with two attached hydrogens (primary N) is 1. The van der Waals surface area contributed by atoms with Crippen LogP contribution in [-0.2, 0) is 6.42 Å². The van der Waals surface area contributed by atoms with Crippen LogP contribution in [0.4, 0.5) is 0 Å². The summed E-state index contributed by atoms with van der Waals surface area (Å²) in [6, 6.07) is 11.8. The maximum Gasteiger partial charge on any atom is 0.0468 e. The quantitative estimate of drug-likeness (QED) is 0.860. The van der Waals surface area contributed by atoms with Crippen LogP contribution in [0, 0.1) is 13.8 Å². The highest BCUT2D eigenvalue weighted by molar-refractivity contribution is 6.35. The Morgan fingerprint density at radius 2 is 1.74 bits per heavy atom. The standard InChI is InChI=1S/C16H17Cl2N/c1-10-3-4-12(7-11(10)2)8-16(19)14-6-5-13(17)9-15(14)18/h3-7,9,16H,8,19H2,1-2H3. The van der Waals surface area contributed by atoms with E-state index in [0.29, 0.717) is 10.0 Å². The summed E-state index contributed by atoms with van der Waals surface area (Å²) in [5.41, 5.74) is 11.0. The molecule has 0 bridgehead atoms. The highest BCUT2D eigenvalue weighted by atomic mass is 35.5. The molecule has 0 heterocycles. The van der Waals surface area contributed by atoms with Crippen molar-refractivity contribution >= 4 is 23.2 Å². The Kier molecular flexibility index (Phi) is 4.51. The van der Waals surface area contributed by atoms with E-state index in [1.807, 2.05) is 12.1 Å². The van der Waals surface area contributed by atoms with E-state index >= 15 is 0 Å². The van der Waals surface area contributed by atoms with Crippen molar-refractivity contribution < 1.29 is 0 Å². The lowest BCUT2D eigenvalue weighted by Gasteiger charge is -2.15. The van der Waals surface area contributed by atoms with Crippen molar-refractivity contribution in [2.75, 3.05) is 0 Å². The van der Waals surface area contributed by atoms with Gasteiger partial charge in [0.2, 0.25) is 0 Å². The zero-order valence-corrected chi connectivity index (χ0v) is 12.6. The lowest BCUT2D eigenvalue weighted by atomic mass is 9.97. The maximum atomic E-state index is 6.24. The first-order valence-electron chi connectivity index (χ1n) is 6.24. The first kappa shape index (κ1) is 14.4. The van der Waals surface area contributed by atoms with E-state index < -0.39 is 0 Å². The minimum atomic E-state index is -0.119. The Morgan fingerprint density at radius 1 is 1.00 bits per heavy atom. The number of hydrogen-bond acceptors (Lipinski definition) is 1. The first-order chi connectivity index (χ1) is 8.97. The highest BCUT2D eigenvalue weighted by Crippen LogP contribution is 2.27. The average Bonchev–Trinajstić information content (AvgIpc) is 2.33. The number of halogens is 2. The molecule has 1 unspecified atom stereocenters. The second-order valence-corrected chi connectivity index (χ2v) is 5.74. The third-order valence-corrected chi connectivity index (χ3v) is 3.95. The van der Waals surface area contributed by atoms with Gasteiger partial charge in [0, 0.05) is 16.1 Å². The molecule has 0 fully saturated rings. The van der Waals surface area contributed by atoms with Gasteiger partial charge in [-0.2, -0.15) is 0 Å². The largest absolute Gasteiger partial charge is 0.324 e. The van der Waals surface area contributed by atoms with Crippen LogP contribution in [0.15, 0.2) is 36.4 Å². The first-order valence-corrected chi connectivity index (χ1v) is 6.99. The van der Waals surface area contributed by atoms with E-state index in [1.165, 1.54) is 16.7 Å². The lowest BCUT2D eigenvalue weighted by Crippen LogP contribution is -2.14. The van der Waals surface area contributed by atoms with Crippen LogP contribution in [0.5, 0.6) is 0 Å². The fourth-order valence-corrected chi connectivity index (χ4v) is 2.65. The van der Waals surface area contributed by atoms with Gasteiger partial charge >= 0.3 is 0 Å². The molecule has 19 heavy (non-hydrogen) atoms. The smallest absolute Gasteiger partial charge is 0.0468 e. The van der Waals surface area contributed by atoms with Gasteiger partial charge in [-0.15, -0.1) is 0 Å². The molecule has 0 radical (unpaired) electrons. The molecule has 100 valence electrons. The van der Waals surface area contributed by atoms with E-state index in [1.54, 1.807) is 6.07 Å². The molecule has 2 aromatic rings. The summed E-state index contributed by atoms with van der Waals surface area (Å²) in [5.74, 6) is 0. The number of aryl methyl sites for hydroxylation is 2. The van der Waals surface area contributed by atoms with Crippen LogP contribution in [0.3, 0.4) is 0 Å². The zero-order valence-electron chi connectivity index (χ0n) is 11.1. The summed E-state index contributed by atoms with van der Waals surface area (Å²) in [6.45, 7) is 4.22. The van der Waals surface area contributed by atoms with Crippen LogP contribution in [-0.4, -0.2) is 0 Å². The number of benzene rings is 2. The molecule has 0 aliphatic carbocycles. The van der Waals surface area contributed by atoms with Crippen LogP contribution >= 0.6 is 23.2 Å². The molecule has 3 heteroatoms. The van der Waals surface area contributed by atoms with E-state index in [-0.39, 0.29) is 6.04 Å². The van der Waals surface area contributed by atoms with E-state index in [9.17, 15) is 0 Å². The van der Waals surface area contributed by atoms with Crippen molar-refractivity contribution in [3.63, 3.8) is 0 Å². The minimum Gasteiger partial charge on any atom is -0.324 e. The SMILES string of the molecule is Cc1ccc(CC(N)c2ccc(Cl)cc2Cl)cc1C. The van der Waals surface area contributed by atoms with Gasteiger partial charge in [-0.25, -0.2) is 0 Å². The highest BCUT2D eigenvalue weighted by Gasteiger charge is 2.11. The summed E-state index contributed by atoms with van der Waals surface area (Å²) < 4.78 is 0. The van der Waals surface area contributed by atoms with Gasteiger partial charge in [-0.1, -0.05) is 47.5 Å². The summed E-state index contributed by atoms with van der Waals surface area (Å²) in [6.07, 6.45) is 0.766. The molecule has 0 aliphatic rings. The molecule has 0 aromatic heterocycles. The molecular formula is C16H17Cl2N. The molecular weight excluding hydrogens is 277 g/mol. The molecule has 2 N–H and O–H groups in total. The van der Waals surface area contributed by atoms with Gasteiger partial charge in [0.15, 0.2) is 0 Å². The molecule has 0 amide bonds. The third kappa shape index (κ3) is 3.50. The minimum absolute atomic E-state index is 0.119. The van der Waals surface area contributed by atoms with E-state index in [0.717, 1.165) is 12.0 Å². The average molecular weight is 294 g/mol. The van der Waals surface area contributed by atoms with Crippen molar-refractivity contribution in [1.82, 2.24) is 0 Å². The third-order valence-electron chi connectivity index (χ3n) is 3.39. The number of hydrogen-bond donors (Lipinski definition) is 1. The Hall–Kier alpha value is -1.02. The van der Waals surface area contributed by atoms with Crippen molar-refractivity contribution in [3.05, 3.63) is 68.7 Å². The molecule has 1 atom stereocenters. The fraction of sp³-hybridized carbons (Fsp3) is 0.250. The normalized spacial score (nSPS) is 12.5. The predicted octanol–water partition coefficient (Wildman–Crippen LogP) is 4.85. The molecule has 0 saturated heterocycles. The van der Waals surface area contributed by atoms with Gasteiger partial charge in [-0.05, 0) is 54.7 Å². The fourth-order valence-electron chi connectivity index (χ4n) is 2.10. The maximum absolute atomic E-state index is 6.24. The Bertz CT molecular complexity index is 593. The van der Waals surface area contributed by atoms with Crippen molar-refractivity contribution in [2.45, 2.75) is 26.3 Å². The van der Waals surface area contributed by atoms with Gasteiger partial charge in [0.05, 0.1) is 0 Å². The van der Waals surface area contributed by atoms with Crippen LogP contribution in [0.2, 0.25) is 10.0 Å².